The first-order chi connectivity index (χ1) is 12.5. The molecule has 0 bridgehead atoms. The molecular formula is C19H15ClFN3O2. The van der Waals surface area contributed by atoms with Crippen molar-refractivity contribution in [1.29, 1.82) is 0 Å². The van der Waals surface area contributed by atoms with Crippen LogP contribution in [0.15, 0.2) is 47.0 Å². The van der Waals surface area contributed by atoms with Crippen LogP contribution in [0, 0.1) is 12.7 Å². The van der Waals surface area contributed by atoms with E-state index >= 15 is 0 Å². The Balaban J connectivity index is 1.58. The minimum Gasteiger partial charge on any atom is -0.334 e. The van der Waals surface area contributed by atoms with Gasteiger partial charge in [0.2, 0.25) is 5.91 Å². The number of carbonyl (C=O) groups excluding carboxylic acids is 1. The standard InChI is InChI=1S/C19H15ClFN3O2/c1-11-2-5-14(20)9-16(11)24-10-13(8-17(24)25)18-22-19(26-23-18)12-3-6-15(21)7-4-12/h2-7,9,13H,8,10H2,1H3. The number of carbonyl (C=O) groups is 1. The van der Waals surface area contributed by atoms with Crippen LogP contribution in [0.1, 0.15) is 23.7 Å². The molecule has 2 aromatic carbocycles. The summed E-state index contributed by atoms with van der Waals surface area (Å²) in [5.74, 6) is 0.277. The fraction of sp³-hybridized carbons (Fsp3) is 0.211. The van der Waals surface area contributed by atoms with Crippen molar-refractivity contribution in [1.82, 2.24) is 10.1 Å². The van der Waals surface area contributed by atoms with Gasteiger partial charge in [0.05, 0.1) is 0 Å². The van der Waals surface area contributed by atoms with Crippen LogP contribution in [-0.4, -0.2) is 22.6 Å². The molecule has 0 radical (unpaired) electrons. The van der Waals surface area contributed by atoms with E-state index in [1.807, 2.05) is 13.0 Å². The van der Waals surface area contributed by atoms with Gasteiger partial charge in [-0.2, -0.15) is 4.98 Å². The van der Waals surface area contributed by atoms with Gasteiger partial charge in [0.25, 0.3) is 5.89 Å². The average molecular weight is 372 g/mol. The van der Waals surface area contributed by atoms with E-state index in [-0.39, 0.29) is 17.6 Å². The Kier molecular flexibility index (Phi) is 4.20. The van der Waals surface area contributed by atoms with Gasteiger partial charge >= 0.3 is 0 Å². The predicted molar refractivity (Wildman–Crippen MR) is 95.6 cm³/mol. The highest BCUT2D eigenvalue weighted by atomic mass is 35.5. The molecule has 1 saturated heterocycles. The SMILES string of the molecule is Cc1ccc(Cl)cc1N1CC(c2noc(-c3ccc(F)cc3)n2)CC1=O. The van der Waals surface area contributed by atoms with Crippen molar-refractivity contribution in [3.05, 3.63) is 64.7 Å². The normalized spacial score (nSPS) is 17.1. The van der Waals surface area contributed by atoms with E-state index in [9.17, 15) is 9.18 Å². The van der Waals surface area contributed by atoms with Crippen molar-refractivity contribution in [2.75, 3.05) is 11.4 Å². The Morgan fingerprint density at radius 3 is 2.77 bits per heavy atom. The van der Waals surface area contributed by atoms with Gasteiger partial charge in [-0.3, -0.25) is 4.79 Å². The Labute approximate surface area is 154 Å². The number of aromatic nitrogens is 2. The van der Waals surface area contributed by atoms with Crippen LogP contribution in [0.25, 0.3) is 11.5 Å². The van der Waals surface area contributed by atoms with Crippen molar-refractivity contribution in [3.63, 3.8) is 0 Å². The van der Waals surface area contributed by atoms with Crippen LogP contribution >= 0.6 is 11.6 Å². The molecule has 1 atom stereocenters. The van der Waals surface area contributed by atoms with Gasteiger partial charge in [0.1, 0.15) is 5.82 Å². The summed E-state index contributed by atoms with van der Waals surface area (Å²) in [5, 5.41) is 4.60. The van der Waals surface area contributed by atoms with E-state index in [4.69, 9.17) is 16.1 Å². The molecular weight excluding hydrogens is 357 g/mol. The van der Waals surface area contributed by atoms with Gasteiger partial charge in [0, 0.05) is 35.2 Å². The molecule has 1 fully saturated rings. The maximum Gasteiger partial charge on any atom is 0.257 e. The molecule has 1 amide bonds. The number of halogens is 2. The van der Waals surface area contributed by atoms with E-state index in [0.717, 1.165) is 11.3 Å². The topological polar surface area (TPSA) is 59.2 Å². The summed E-state index contributed by atoms with van der Waals surface area (Å²) >= 11 is 6.07. The maximum atomic E-state index is 13.0. The molecule has 132 valence electrons. The Morgan fingerprint density at radius 1 is 1.23 bits per heavy atom. The second kappa shape index (κ2) is 6.53. The van der Waals surface area contributed by atoms with Gasteiger partial charge in [0.15, 0.2) is 5.82 Å². The summed E-state index contributed by atoms with van der Waals surface area (Å²) in [6.45, 7) is 2.40. The summed E-state index contributed by atoms with van der Waals surface area (Å²) in [6.07, 6.45) is 0.300. The lowest BCUT2D eigenvalue weighted by atomic mass is 10.1. The molecule has 3 aromatic rings. The molecule has 4 rings (SSSR count). The highest BCUT2D eigenvalue weighted by Crippen LogP contribution is 2.34. The molecule has 1 aromatic heterocycles. The molecule has 1 aliphatic rings. The summed E-state index contributed by atoms with van der Waals surface area (Å²) in [5.41, 5.74) is 2.41. The zero-order valence-corrected chi connectivity index (χ0v) is 14.7. The number of amides is 1. The smallest absolute Gasteiger partial charge is 0.257 e. The predicted octanol–water partition coefficient (Wildman–Crippen LogP) is 4.36. The van der Waals surface area contributed by atoms with Crippen molar-refractivity contribution in [3.8, 4) is 11.5 Å². The number of benzene rings is 2. The second-order valence-electron chi connectivity index (χ2n) is 6.30. The molecule has 0 spiro atoms. The molecule has 0 saturated carbocycles. The van der Waals surface area contributed by atoms with Crippen molar-refractivity contribution in [2.45, 2.75) is 19.3 Å². The lowest BCUT2D eigenvalue weighted by molar-refractivity contribution is -0.117. The third kappa shape index (κ3) is 3.08. The Bertz CT molecular complexity index is 971. The van der Waals surface area contributed by atoms with E-state index in [0.29, 0.717) is 35.3 Å². The molecule has 0 N–H and O–H groups in total. The average Bonchev–Trinajstić information content (AvgIpc) is 3.25. The van der Waals surface area contributed by atoms with Crippen LogP contribution in [-0.2, 0) is 4.79 Å². The molecule has 0 aliphatic carbocycles. The third-order valence-electron chi connectivity index (χ3n) is 4.49. The van der Waals surface area contributed by atoms with Gasteiger partial charge < -0.3 is 9.42 Å². The molecule has 1 aliphatic heterocycles. The second-order valence-corrected chi connectivity index (χ2v) is 6.74. The number of nitrogens with zero attached hydrogens (tertiary/aromatic N) is 3. The summed E-state index contributed by atoms with van der Waals surface area (Å²) in [7, 11) is 0. The monoisotopic (exact) mass is 371 g/mol. The molecule has 7 heteroatoms. The summed E-state index contributed by atoms with van der Waals surface area (Å²) in [6, 6.07) is 11.3. The quantitative estimate of drug-likeness (QED) is 0.686. The van der Waals surface area contributed by atoms with Gasteiger partial charge in [-0.1, -0.05) is 22.8 Å². The van der Waals surface area contributed by atoms with Crippen LogP contribution < -0.4 is 4.90 Å². The zero-order chi connectivity index (χ0) is 18.3. The first-order valence-corrected chi connectivity index (χ1v) is 8.55. The minimum atomic E-state index is -0.331. The van der Waals surface area contributed by atoms with Gasteiger partial charge in [-0.25, -0.2) is 4.39 Å². The van der Waals surface area contributed by atoms with Gasteiger partial charge in [-0.15, -0.1) is 0 Å². The van der Waals surface area contributed by atoms with Crippen LogP contribution in [0.3, 0.4) is 0 Å². The van der Waals surface area contributed by atoms with Crippen LogP contribution in [0.2, 0.25) is 5.02 Å². The Hall–Kier alpha value is -2.73. The Morgan fingerprint density at radius 2 is 2.00 bits per heavy atom. The molecule has 26 heavy (non-hydrogen) atoms. The summed E-state index contributed by atoms with van der Waals surface area (Å²) < 4.78 is 18.3. The maximum absolute atomic E-state index is 13.0. The van der Waals surface area contributed by atoms with E-state index < -0.39 is 0 Å². The number of aryl methyl sites for hydroxylation is 1. The largest absolute Gasteiger partial charge is 0.334 e. The van der Waals surface area contributed by atoms with Crippen LogP contribution in [0.4, 0.5) is 10.1 Å². The lowest BCUT2D eigenvalue weighted by Crippen LogP contribution is -2.25. The van der Waals surface area contributed by atoms with Crippen molar-refractivity contribution in [2.24, 2.45) is 0 Å². The third-order valence-corrected chi connectivity index (χ3v) is 4.72. The van der Waals surface area contributed by atoms with Crippen molar-refractivity contribution < 1.29 is 13.7 Å². The fourth-order valence-corrected chi connectivity index (χ4v) is 3.26. The number of hydrogen-bond acceptors (Lipinski definition) is 4. The fourth-order valence-electron chi connectivity index (χ4n) is 3.10. The molecule has 5 nitrogen and oxygen atoms in total. The number of anilines is 1. The first-order valence-electron chi connectivity index (χ1n) is 8.17. The minimum absolute atomic E-state index is 0.00602. The summed E-state index contributed by atoms with van der Waals surface area (Å²) in [4.78, 5) is 18.6. The number of rotatable bonds is 3. The first kappa shape index (κ1) is 16.7. The van der Waals surface area contributed by atoms with Crippen LogP contribution in [0.5, 0.6) is 0 Å². The molecule has 2 heterocycles. The van der Waals surface area contributed by atoms with E-state index in [1.165, 1.54) is 12.1 Å². The van der Waals surface area contributed by atoms with Crippen molar-refractivity contribution >= 4 is 23.2 Å². The highest BCUT2D eigenvalue weighted by molar-refractivity contribution is 6.31. The zero-order valence-electron chi connectivity index (χ0n) is 13.9. The van der Waals surface area contributed by atoms with Gasteiger partial charge in [-0.05, 0) is 48.9 Å². The lowest BCUT2D eigenvalue weighted by Gasteiger charge is -2.19. The number of hydrogen-bond donors (Lipinski definition) is 0. The molecule has 1 unspecified atom stereocenters. The highest BCUT2D eigenvalue weighted by Gasteiger charge is 2.35. The van der Waals surface area contributed by atoms with E-state index in [1.54, 1.807) is 29.2 Å². The van der Waals surface area contributed by atoms with E-state index in [2.05, 4.69) is 10.1 Å².